The van der Waals surface area contributed by atoms with Crippen LogP contribution < -0.4 is 11.1 Å². The second kappa shape index (κ2) is 10.2. The third-order valence-corrected chi connectivity index (χ3v) is 2.89. The summed E-state index contributed by atoms with van der Waals surface area (Å²) in [5.41, 5.74) is 6.72. The van der Waals surface area contributed by atoms with Gasteiger partial charge in [-0.2, -0.15) is 0 Å². The Morgan fingerprint density at radius 2 is 2.00 bits per heavy atom. The van der Waals surface area contributed by atoms with Crippen molar-refractivity contribution < 1.29 is 4.79 Å². The third kappa shape index (κ3) is 6.16. The van der Waals surface area contributed by atoms with Crippen LogP contribution in [-0.2, 0) is 11.3 Å². The predicted octanol–water partition coefficient (Wildman–Crippen LogP) is 1.93. The molecule has 1 heterocycles. The second-order valence-electron chi connectivity index (χ2n) is 4.33. The van der Waals surface area contributed by atoms with Crippen molar-refractivity contribution in [2.75, 3.05) is 6.54 Å². The molecule has 0 aliphatic heterocycles. The molecule has 3 N–H and O–H groups in total. The van der Waals surface area contributed by atoms with Crippen molar-refractivity contribution in [1.82, 2.24) is 14.9 Å². The Bertz CT molecular complexity index is 505. The van der Waals surface area contributed by atoms with Gasteiger partial charge in [0, 0.05) is 25.5 Å². The molecule has 0 spiro atoms. The molecule has 0 aliphatic carbocycles. The Labute approximate surface area is 136 Å². The van der Waals surface area contributed by atoms with Gasteiger partial charge in [-0.05, 0) is 12.0 Å². The highest BCUT2D eigenvalue weighted by molar-refractivity contribution is 5.85. The van der Waals surface area contributed by atoms with Gasteiger partial charge in [-0.1, -0.05) is 30.3 Å². The Morgan fingerprint density at radius 1 is 1.29 bits per heavy atom. The monoisotopic (exact) mass is 330 g/mol. The van der Waals surface area contributed by atoms with Crippen molar-refractivity contribution in [3.05, 3.63) is 54.6 Å². The van der Waals surface area contributed by atoms with Gasteiger partial charge >= 0.3 is 0 Å². The van der Waals surface area contributed by atoms with E-state index in [2.05, 4.69) is 10.3 Å². The maximum atomic E-state index is 11.8. The fourth-order valence-electron chi connectivity index (χ4n) is 1.81. The molecule has 7 heteroatoms. The number of hydrogen-bond acceptors (Lipinski definition) is 3. The van der Waals surface area contributed by atoms with E-state index in [0.29, 0.717) is 6.54 Å². The molecule has 0 bridgehead atoms. The summed E-state index contributed by atoms with van der Waals surface area (Å²) in [4.78, 5) is 15.8. The summed E-state index contributed by atoms with van der Waals surface area (Å²) >= 11 is 0. The van der Waals surface area contributed by atoms with Crippen LogP contribution in [0.3, 0.4) is 0 Å². The Kier molecular flexibility index (Phi) is 9.45. The molecular weight excluding hydrogens is 311 g/mol. The van der Waals surface area contributed by atoms with Gasteiger partial charge in [-0.15, -0.1) is 24.8 Å². The number of imidazole rings is 1. The standard InChI is InChI=1S/C14H18N4O.2ClH/c15-13(12-5-2-1-3-6-12)14(19)17-7-4-9-18-10-8-16-11-18;;/h1-3,5-6,8,10-11,13H,4,7,9,15H2,(H,17,19);2*1H. The van der Waals surface area contributed by atoms with Crippen LogP contribution >= 0.6 is 24.8 Å². The topological polar surface area (TPSA) is 72.9 Å². The summed E-state index contributed by atoms with van der Waals surface area (Å²) < 4.78 is 1.98. The molecule has 21 heavy (non-hydrogen) atoms. The number of aromatic nitrogens is 2. The maximum absolute atomic E-state index is 11.8. The summed E-state index contributed by atoms with van der Waals surface area (Å²) in [6.45, 7) is 1.44. The van der Waals surface area contributed by atoms with Crippen molar-refractivity contribution in [1.29, 1.82) is 0 Å². The first kappa shape index (κ1) is 19.4. The van der Waals surface area contributed by atoms with E-state index in [0.717, 1.165) is 18.5 Å². The highest BCUT2D eigenvalue weighted by Crippen LogP contribution is 2.08. The summed E-state index contributed by atoms with van der Waals surface area (Å²) in [7, 11) is 0. The fourth-order valence-corrected chi connectivity index (χ4v) is 1.81. The van der Waals surface area contributed by atoms with Crippen LogP contribution in [0, 0.1) is 0 Å². The predicted molar refractivity (Wildman–Crippen MR) is 87.7 cm³/mol. The van der Waals surface area contributed by atoms with Crippen molar-refractivity contribution >= 4 is 30.7 Å². The molecule has 1 unspecified atom stereocenters. The molecule has 1 amide bonds. The van der Waals surface area contributed by atoms with Crippen LogP contribution in [0.5, 0.6) is 0 Å². The smallest absolute Gasteiger partial charge is 0.241 e. The maximum Gasteiger partial charge on any atom is 0.241 e. The molecule has 1 aromatic heterocycles. The lowest BCUT2D eigenvalue weighted by atomic mass is 10.1. The highest BCUT2D eigenvalue weighted by Gasteiger charge is 2.14. The van der Waals surface area contributed by atoms with E-state index in [9.17, 15) is 4.79 Å². The van der Waals surface area contributed by atoms with Crippen LogP contribution in [0.25, 0.3) is 0 Å². The molecule has 0 radical (unpaired) electrons. The Balaban J connectivity index is 0.00000200. The molecule has 1 aromatic carbocycles. The van der Waals surface area contributed by atoms with E-state index in [1.54, 1.807) is 12.5 Å². The Morgan fingerprint density at radius 3 is 2.62 bits per heavy atom. The van der Waals surface area contributed by atoms with Gasteiger partial charge in [-0.25, -0.2) is 4.98 Å². The van der Waals surface area contributed by atoms with Crippen LogP contribution in [0.1, 0.15) is 18.0 Å². The molecular formula is C14H20Cl2N4O. The molecule has 2 rings (SSSR count). The molecule has 0 saturated carbocycles. The first-order chi connectivity index (χ1) is 9.27. The number of benzene rings is 1. The normalized spacial score (nSPS) is 10.9. The zero-order valence-corrected chi connectivity index (χ0v) is 13.1. The zero-order chi connectivity index (χ0) is 13.5. The van der Waals surface area contributed by atoms with E-state index in [1.165, 1.54) is 0 Å². The minimum Gasteiger partial charge on any atom is -0.354 e. The van der Waals surface area contributed by atoms with E-state index < -0.39 is 6.04 Å². The minimum absolute atomic E-state index is 0. The number of aryl methyl sites for hydroxylation is 1. The first-order valence-corrected chi connectivity index (χ1v) is 6.31. The van der Waals surface area contributed by atoms with Gasteiger partial charge in [0.2, 0.25) is 5.91 Å². The third-order valence-electron chi connectivity index (χ3n) is 2.89. The number of hydrogen-bond donors (Lipinski definition) is 2. The number of nitrogens with zero attached hydrogens (tertiary/aromatic N) is 2. The van der Waals surface area contributed by atoms with Crippen molar-refractivity contribution in [3.63, 3.8) is 0 Å². The zero-order valence-electron chi connectivity index (χ0n) is 11.5. The lowest BCUT2D eigenvalue weighted by Gasteiger charge is -2.12. The Hall–Kier alpha value is -1.56. The van der Waals surface area contributed by atoms with Crippen LogP contribution in [0.15, 0.2) is 49.1 Å². The number of carbonyl (C=O) groups is 1. The van der Waals surface area contributed by atoms with Gasteiger partial charge in [0.05, 0.1) is 6.33 Å². The molecule has 1 atom stereocenters. The summed E-state index contributed by atoms with van der Waals surface area (Å²) in [5.74, 6) is -0.142. The van der Waals surface area contributed by atoms with Crippen LogP contribution in [0.4, 0.5) is 0 Å². The number of rotatable bonds is 6. The van der Waals surface area contributed by atoms with Crippen LogP contribution in [-0.4, -0.2) is 22.0 Å². The van der Waals surface area contributed by atoms with Crippen molar-refractivity contribution in [2.45, 2.75) is 19.0 Å². The number of nitrogens with two attached hydrogens (primary N) is 1. The number of halogens is 2. The van der Waals surface area contributed by atoms with Crippen LogP contribution in [0.2, 0.25) is 0 Å². The average molecular weight is 331 g/mol. The number of amides is 1. The molecule has 0 saturated heterocycles. The highest BCUT2D eigenvalue weighted by atomic mass is 35.5. The summed E-state index contributed by atoms with van der Waals surface area (Å²) in [5, 5.41) is 2.85. The molecule has 0 fully saturated rings. The van der Waals surface area contributed by atoms with Gasteiger partial charge in [-0.3, -0.25) is 4.79 Å². The molecule has 5 nitrogen and oxygen atoms in total. The largest absolute Gasteiger partial charge is 0.354 e. The van der Waals surface area contributed by atoms with E-state index in [4.69, 9.17) is 5.73 Å². The quantitative estimate of drug-likeness (QED) is 0.795. The van der Waals surface area contributed by atoms with Crippen molar-refractivity contribution in [3.8, 4) is 0 Å². The molecule has 0 aliphatic rings. The van der Waals surface area contributed by atoms with Gasteiger partial charge in [0.15, 0.2) is 0 Å². The van der Waals surface area contributed by atoms with E-state index in [-0.39, 0.29) is 30.7 Å². The van der Waals surface area contributed by atoms with Gasteiger partial charge < -0.3 is 15.6 Å². The SMILES string of the molecule is Cl.Cl.NC(C(=O)NCCCn1ccnc1)c1ccccc1. The second-order valence-corrected chi connectivity index (χ2v) is 4.33. The van der Waals surface area contributed by atoms with Crippen molar-refractivity contribution in [2.24, 2.45) is 5.73 Å². The summed E-state index contributed by atoms with van der Waals surface area (Å²) in [6.07, 6.45) is 6.25. The molecule has 116 valence electrons. The minimum atomic E-state index is -0.602. The number of carbonyl (C=O) groups excluding carboxylic acids is 1. The fraction of sp³-hybridized carbons (Fsp3) is 0.286. The van der Waals surface area contributed by atoms with E-state index >= 15 is 0 Å². The average Bonchev–Trinajstić information content (AvgIpc) is 2.96. The molecule has 2 aromatic rings. The van der Waals surface area contributed by atoms with E-state index in [1.807, 2.05) is 41.1 Å². The summed E-state index contributed by atoms with van der Waals surface area (Å²) in [6, 6.07) is 8.77. The van der Waals surface area contributed by atoms with Gasteiger partial charge in [0.25, 0.3) is 0 Å². The van der Waals surface area contributed by atoms with Gasteiger partial charge in [0.1, 0.15) is 6.04 Å². The lowest BCUT2D eigenvalue weighted by Crippen LogP contribution is -2.34. The first-order valence-electron chi connectivity index (χ1n) is 6.31. The lowest BCUT2D eigenvalue weighted by molar-refractivity contribution is -0.122. The number of nitrogens with one attached hydrogen (secondary N) is 1.